The summed E-state index contributed by atoms with van der Waals surface area (Å²) >= 11 is 1.22. The van der Waals surface area contributed by atoms with Crippen molar-refractivity contribution in [3.8, 4) is 0 Å². The van der Waals surface area contributed by atoms with Crippen LogP contribution in [0.4, 0.5) is 5.69 Å². The van der Waals surface area contributed by atoms with E-state index in [4.69, 9.17) is 4.74 Å². The number of aryl methyl sites for hydroxylation is 1. The molecule has 0 aliphatic heterocycles. The number of thioether (sulfide) groups is 1. The first-order valence-electron chi connectivity index (χ1n) is 11.9. The number of anilines is 1. The number of hydrogen-bond donors (Lipinski definition) is 2. The van der Waals surface area contributed by atoms with Crippen LogP contribution in [0.2, 0.25) is 0 Å². The molecule has 194 valence electrons. The third-order valence-electron chi connectivity index (χ3n) is 5.26. The molecule has 10 heteroatoms. The van der Waals surface area contributed by atoms with Gasteiger partial charge in [0.1, 0.15) is 0 Å². The van der Waals surface area contributed by atoms with Gasteiger partial charge in [-0.1, -0.05) is 48.5 Å². The molecule has 3 rings (SSSR count). The molecule has 3 aromatic rings. The molecule has 37 heavy (non-hydrogen) atoms. The van der Waals surface area contributed by atoms with Crippen molar-refractivity contribution < 1.29 is 19.1 Å². The zero-order valence-corrected chi connectivity index (χ0v) is 22.0. The van der Waals surface area contributed by atoms with Crippen LogP contribution in [0.1, 0.15) is 58.4 Å². The van der Waals surface area contributed by atoms with E-state index in [1.807, 2.05) is 37.5 Å². The highest BCUT2D eigenvalue weighted by molar-refractivity contribution is 7.99. The van der Waals surface area contributed by atoms with Gasteiger partial charge in [0.15, 0.2) is 11.0 Å². The Hall–Kier alpha value is -3.92. The van der Waals surface area contributed by atoms with Gasteiger partial charge in [0.05, 0.1) is 24.0 Å². The number of aromatic nitrogens is 3. The SMILES string of the molecule is C=CCn1c(SCC(=O)Nc2cccc(C(=O)OCCC)c2)nnc1[C@@H](C)NC(=O)c1ccc(C)cc1. The van der Waals surface area contributed by atoms with E-state index in [0.717, 1.165) is 12.0 Å². The maximum atomic E-state index is 12.6. The molecule has 1 atom stereocenters. The lowest BCUT2D eigenvalue weighted by Crippen LogP contribution is -2.28. The molecule has 2 N–H and O–H groups in total. The van der Waals surface area contributed by atoms with Crippen molar-refractivity contribution in [1.29, 1.82) is 0 Å². The van der Waals surface area contributed by atoms with E-state index >= 15 is 0 Å². The molecule has 0 aliphatic rings. The first-order valence-corrected chi connectivity index (χ1v) is 12.9. The van der Waals surface area contributed by atoms with Gasteiger partial charge in [0.2, 0.25) is 5.91 Å². The van der Waals surface area contributed by atoms with Crippen molar-refractivity contribution in [3.05, 3.63) is 83.7 Å². The second kappa shape index (κ2) is 13.4. The fourth-order valence-corrected chi connectivity index (χ4v) is 4.16. The Kier molecular flexibility index (Phi) is 10.0. The number of rotatable bonds is 12. The monoisotopic (exact) mass is 521 g/mol. The molecule has 0 saturated carbocycles. The number of benzene rings is 2. The Morgan fingerprint density at radius 1 is 1.14 bits per heavy atom. The maximum absolute atomic E-state index is 12.6. The van der Waals surface area contributed by atoms with Crippen molar-refractivity contribution in [3.63, 3.8) is 0 Å². The summed E-state index contributed by atoms with van der Waals surface area (Å²) in [5, 5.41) is 14.8. The zero-order valence-electron chi connectivity index (χ0n) is 21.2. The summed E-state index contributed by atoms with van der Waals surface area (Å²) in [6.45, 7) is 10.3. The molecule has 1 heterocycles. The van der Waals surface area contributed by atoms with E-state index in [1.165, 1.54) is 11.8 Å². The Labute approximate surface area is 220 Å². The van der Waals surface area contributed by atoms with Crippen molar-refractivity contribution in [1.82, 2.24) is 20.1 Å². The molecule has 9 nitrogen and oxygen atoms in total. The summed E-state index contributed by atoms with van der Waals surface area (Å²) in [4.78, 5) is 37.3. The third kappa shape index (κ3) is 7.78. The largest absolute Gasteiger partial charge is 0.462 e. The molecular formula is C27H31N5O4S. The van der Waals surface area contributed by atoms with Gasteiger partial charge in [-0.25, -0.2) is 4.79 Å². The Balaban J connectivity index is 1.62. The molecule has 0 radical (unpaired) electrons. The van der Waals surface area contributed by atoms with Crippen molar-refractivity contribution >= 4 is 35.2 Å². The molecule has 2 amide bonds. The fraction of sp³-hybridized carbons (Fsp3) is 0.296. The second-order valence-corrected chi connectivity index (χ2v) is 9.30. The summed E-state index contributed by atoms with van der Waals surface area (Å²) < 4.78 is 6.96. The molecule has 0 aliphatic carbocycles. The highest BCUT2D eigenvalue weighted by Gasteiger charge is 2.20. The van der Waals surface area contributed by atoms with Gasteiger partial charge < -0.3 is 19.9 Å². The number of esters is 1. The van der Waals surface area contributed by atoms with Crippen molar-refractivity contribution in [2.45, 2.75) is 44.9 Å². The average Bonchev–Trinajstić information content (AvgIpc) is 3.29. The molecule has 2 aromatic carbocycles. The highest BCUT2D eigenvalue weighted by atomic mass is 32.2. The van der Waals surface area contributed by atoms with E-state index in [1.54, 1.807) is 42.5 Å². The molecule has 0 spiro atoms. The summed E-state index contributed by atoms with van der Waals surface area (Å²) in [7, 11) is 0. The van der Waals surface area contributed by atoms with E-state index in [2.05, 4.69) is 27.4 Å². The molecule has 0 saturated heterocycles. The predicted octanol–water partition coefficient (Wildman–Crippen LogP) is 4.56. The summed E-state index contributed by atoms with van der Waals surface area (Å²) in [5.74, 6) is -0.277. The molecule has 1 aromatic heterocycles. The van der Waals surface area contributed by atoms with Gasteiger partial charge in [-0.2, -0.15) is 0 Å². The van der Waals surface area contributed by atoms with Gasteiger partial charge in [-0.3, -0.25) is 9.59 Å². The smallest absolute Gasteiger partial charge is 0.338 e. The predicted molar refractivity (Wildman–Crippen MR) is 144 cm³/mol. The first-order chi connectivity index (χ1) is 17.8. The molecule has 0 fully saturated rings. The maximum Gasteiger partial charge on any atom is 0.338 e. The summed E-state index contributed by atoms with van der Waals surface area (Å²) in [6, 6.07) is 13.5. The van der Waals surface area contributed by atoms with Gasteiger partial charge >= 0.3 is 5.97 Å². The minimum Gasteiger partial charge on any atom is -0.462 e. The standard InChI is InChI=1S/C27H31N5O4S/c1-5-14-32-24(19(4)28-25(34)20-12-10-18(3)11-13-20)30-31-27(32)37-17-23(33)29-22-9-7-8-21(16-22)26(35)36-15-6-2/h5,7-13,16,19H,1,6,14-15,17H2,2-4H3,(H,28,34)(H,29,33)/t19-/m1/s1. The summed E-state index contributed by atoms with van der Waals surface area (Å²) in [5.41, 5.74) is 2.50. The topological polar surface area (TPSA) is 115 Å². The van der Waals surface area contributed by atoms with Crippen LogP contribution in [0.5, 0.6) is 0 Å². The van der Waals surface area contributed by atoms with Crippen molar-refractivity contribution in [2.24, 2.45) is 0 Å². The number of hydrogen-bond acceptors (Lipinski definition) is 7. The third-order valence-corrected chi connectivity index (χ3v) is 6.22. The minimum atomic E-state index is -0.430. The molecule has 0 bridgehead atoms. The van der Waals surface area contributed by atoms with Gasteiger partial charge in [-0.15, -0.1) is 16.8 Å². The van der Waals surface area contributed by atoms with Crippen molar-refractivity contribution in [2.75, 3.05) is 17.7 Å². The Bertz CT molecular complexity index is 1260. The van der Waals surface area contributed by atoms with Crippen LogP contribution in [-0.2, 0) is 16.1 Å². The molecule has 0 unspecified atom stereocenters. The number of ether oxygens (including phenoxy) is 1. The number of nitrogens with one attached hydrogen (secondary N) is 2. The Morgan fingerprint density at radius 2 is 1.89 bits per heavy atom. The van der Waals surface area contributed by atoms with Crippen LogP contribution in [-0.4, -0.2) is 44.9 Å². The van der Waals surface area contributed by atoms with Crippen LogP contribution < -0.4 is 10.6 Å². The van der Waals surface area contributed by atoms with E-state index in [0.29, 0.717) is 40.9 Å². The van der Waals surface area contributed by atoms with E-state index in [9.17, 15) is 14.4 Å². The lowest BCUT2D eigenvalue weighted by Gasteiger charge is -2.15. The zero-order chi connectivity index (χ0) is 26.8. The quantitative estimate of drug-likeness (QED) is 0.204. The molecular weight excluding hydrogens is 490 g/mol. The van der Waals surface area contributed by atoms with Crippen LogP contribution in [0.15, 0.2) is 66.3 Å². The second-order valence-electron chi connectivity index (χ2n) is 8.35. The van der Waals surface area contributed by atoms with Crippen LogP contribution in [0.25, 0.3) is 0 Å². The number of nitrogens with zero attached hydrogens (tertiary/aromatic N) is 3. The summed E-state index contributed by atoms with van der Waals surface area (Å²) in [6.07, 6.45) is 2.43. The first kappa shape index (κ1) is 27.7. The highest BCUT2D eigenvalue weighted by Crippen LogP contribution is 2.22. The fourth-order valence-electron chi connectivity index (χ4n) is 3.41. The minimum absolute atomic E-state index is 0.0733. The van der Waals surface area contributed by atoms with Crippen LogP contribution >= 0.6 is 11.8 Å². The average molecular weight is 522 g/mol. The number of carbonyl (C=O) groups excluding carboxylic acids is 3. The number of amides is 2. The van der Waals surface area contributed by atoms with Crippen LogP contribution in [0, 0.1) is 6.92 Å². The van der Waals surface area contributed by atoms with Crippen LogP contribution in [0.3, 0.4) is 0 Å². The van der Waals surface area contributed by atoms with Gasteiger partial charge in [0, 0.05) is 17.8 Å². The number of carbonyl (C=O) groups is 3. The lowest BCUT2D eigenvalue weighted by molar-refractivity contribution is -0.113. The van der Waals surface area contributed by atoms with E-state index in [-0.39, 0.29) is 17.6 Å². The van der Waals surface area contributed by atoms with Gasteiger partial charge in [-0.05, 0) is 50.6 Å². The van der Waals surface area contributed by atoms with E-state index < -0.39 is 12.0 Å². The Morgan fingerprint density at radius 3 is 2.59 bits per heavy atom. The number of allylic oxidation sites excluding steroid dienone is 1. The lowest BCUT2D eigenvalue weighted by atomic mass is 10.1. The van der Waals surface area contributed by atoms with Gasteiger partial charge in [0.25, 0.3) is 5.91 Å². The normalized spacial score (nSPS) is 11.4.